The van der Waals surface area contributed by atoms with E-state index in [1.165, 1.54) is 22.7 Å². The van der Waals surface area contributed by atoms with E-state index in [4.69, 9.17) is 4.42 Å². The monoisotopic (exact) mass is 209 g/mol. The van der Waals surface area contributed by atoms with Crippen LogP contribution < -0.4 is 0 Å². The van der Waals surface area contributed by atoms with Crippen LogP contribution >= 0.6 is 11.8 Å². The van der Waals surface area contributed by atoms with Gasteiger partial charge in [0.15, 0.2) is 10.9 Å². The fraction of sp³-hybridized carbons (Fsp3) is 0.125. The summed E-state index contributed by atoms with van der Waals surface area (Å²) in [5.41, 5.74) is 0. The molecular weight excluding hydrogens is 202 g/mol. The Morgan fingerprint density at radius 3 is 3.00 bits per heavy atom. The van der Waals surface area contributed by atoms with Crippen molar-refractivity contribution in [2.24, 2.45) is 0 Å². The van der Waals surface area contributed by atoms with Crippen LogP contribution in [-0.2, 0) is 4.79 Å². The number of carbonyl (C=O) groups is 1. The molecule has 0 amide bonds. The first-order valence-electron chi connectivity index (χ1n) is 3.85. The van der Waals surface area contributed by atoms with Gasteiger partial charge in [-0.3, -0.25) is 4.79 Å². The summed E-state index contributed by atoms with van der Waals surface area (Å²) in [6.45, 7) is 0. The van der Waals surface area contributed by atoms with Crippen molar-refractivity contribution in [2.45, 2.75) is 5.16 Å². The summed E-state index contributed by atoms with van der Waals surface area (Å²) < 4.78 is 6.30. The number of hydrogen-bond donors (Lipinski definition) is 0. The summed E-state index contributed by atoms with van der Waals surface area (Å²) in [4.78, 5) is 14.7. The number of thioether (sulfide) groups is 1. The van der Waals surface area contributed by atoms with Gasteiger partial charge in [0.25, 0.3) is 0 Å². The van der Waals surface area contributed by atoms with Crippen LogP contribution in [0.1, 0.15) is 0 Å². The average Bonchev–Trinajstić information content (AvgIpc) is 2.85. The molecule has 0 atom stereocenters. The van der Waals surface area contributed by atoms with Crippen LogP contribution in [0.5, 0.6) is 0 Å². The van der Waals surface area contributed by atoms with Gasteiger partial charge < -0.3 is 4.42 Å². The van der Waals surface area contributed by atoms with Crippen molar-refractivity contribution in [2.75, 3.05) is 6.26 Å². The van der Waals surface area contributed by atoms with Crippen LogP contribution in [0.25, 0.3) is 11.6 Å². The van der Waals surface area contributed by atoms with E-state index in [1.807, 2.05) is 6.26 Å². The molecule has 5 nitrogen and oxygen atoms in total. The van der Waals surface area contributed by atoms with Gasteiger partial charge in [-0.25, -0.2) is 0 Å². The molecule has 0 spiro atoms. The third-order valence-corrected chi connectivity index (χ3v) is 2.27. The molecule has 0 unspecified atom stereocenters. The zero-order valence-electron chi connectivity index (χ0n) is 7.38. The van der Waals surface area contributed by atoms with Crippen LogP contribution in [0.4, 0.5) is 0 Å². The minimum absolute atomic E-state index is 0.423. The van der Waals surface area contributed by atoms with Gasteiger partial charge in [-0.2, -0.15) is 9.67 Å². The van der Waals surface area contributed by atoms with Gasteiger partial charge in [-0.05, 0) is 18.4 Å². The molecule has 6 heteroatoms. The first-order valence-corrected chi connectivity index (χ1v) is 5.07. The van der Waals surface area contributed by atoms with Crippen molar-refractivity contribution < 1.29 is 9.21 Å². The van der Waals surface area contributed by atoms with Gasteiger partial charge >= 0.3 is 0 Å². The van der Waals surface area contributed by atoms with E-state index < -0.39 is 0 Å². The van der Waals surface area contributed by atoms with E-state index >= 15 is 0 Å². The first-order chi connectivity index (χ1) is 6.85. The lowest BCUT2D eigenvalue weighted by Gasteiger charge is -1.88. The number of aromatic nitrogens is 3. The van der Waals surface area contributed by atoms with Gasteiger partial charge in [0.05, 0.1) is 6.26 Å². The Morgan fingerprint density at radius 2 is 2.50 bits per heavy atom. The van der Waals surface area contributed by atoms with E-state index in [0.29, 0.717) is 23.2 Å². The molecule has 2 aromatic rings. The van der Waals surface area contributed by atoms with E-state index in [9.17, 15) is 4.79 Å². The molecule has 0 saturated heterocycles. The summed E-state index contributed by atoms with van der Waals surface area (Å²) in [6, 6.07) is 3.49. The first kappa shape index (κ1) is 9.01. The van der Waals surface area contributed by atoms with Gasteiger partial charge in [0, 0.05) is 0 Å². The number of furan rings is 1. The second-order valence-corrected chi connectivity index (χ2v) is 3.22. The number of nitrogens with zero attached hydrogens (tertiary/aromatic N) is 3. The maximum atomic E-state index is 10.6. The maximum Gasteiger partial charge on any atom is 0.236 e. The van der Waals surface area contributed by atoms with Crippen LogP contribution in [0, 0.1) is 0 Å². The van der Waals surface area contributed by atoms with Crippen molar-refractivity contribution >= 4 is 18.2 Å². The highest BCUT2D eigenvalue weighted by Crippen LogP contribution is 2.19. The number of carbonyl (C=O) groups excluding carboxylic acids is 1. The SMILES string of the molecule is CSc1nc(-c2ccco2)nn1C=O. The standard InChI is InChI=1S/C8H7N3O2S/c1-14-8-9-7(10-11(8)5-12)6-3-2-4-13-6/h2-5H,1H3. The van der Waals surface area contributed by atoms with Gasteiger partial charge in [0.1, 0.15) is 0 Å². The zero-order chi connectivity index (χ0) is 9.97. The summed E-state index contributed by atoms with van der Waals surface area (Å²) in [5.74, 6) is 0.979. The lowest BCUT2D eigenvalue weighted by Crippen LogP contribution is -1.98. The van der Waals surface area contributed by atoms with Crippen LogP contribution in [-0.4, -0.2) is 27.4 Å². The Hall–Kier alpha value is -1.56. The van der Waals surface area contributed by atoms with Gasteiger partial charge in [-0.1, -0.05) is 11.8 Å². The molecule has 0 N–H and O–H groups in total. The third-order valence-electron chi connectivity index (χ3n) is 1.62. The average molecular weight is 209 g/mol. The van der Waals surface area contributed by atoms with Crippen LogP contribution in [0.2, 0.25) is 0 Å². The number of hydrogen-bond acceptors (Lipinski definition) is 5. The molecule has 0 aliphatic carbocycles. The maximum absolute atomic E-state index is 10.6. The summed E-state index contributed by atoms with van der Waals surface area (Å²) in [5, 5.41) is 4.51. The van der Waals surface area contributed by atoms with Crippen molar-refractivity contribution in [1.82, 2.24) is 14.8 Å². The smallest absolute Gasteiger partial charge is 0.236 e. The molecule has 72 valence electrons. The largest absolute Gasteiger partial charge is 0.461 e. The lowest BCUT2D eigenvalue weighted by atomic mass is 10.4. The lowest BCUT2D eigenvalue weighted by molar-refractivity contribution is 0.533. The van der Waals surface area contributed by atoms with E-state index in [2.05, 4.69) is 10.1 Å². The Kier molecular flexibility index (Phi) is 2.36. The molecule has 2 heterocycles. The van der Waals surface area contributed by atoms with Crippen LogP contribution in [0.3, 0.4) is 0 Å². The topological polar surface area (TPSA) is 60.9 Å². The van der Waals surface area contributed by atoms with Gasteiger partial charge in [0.2, 0.25) is 12.2 Å². The molecule has 0 bridgehead atoms. The van der Waals surface area contributed by atoms with Crippen molar-refractivity contribution in [3.63, 3.8) is 0 Å². The van der Waals surface area contributed by atoms with E-state index in [0.717, 1.165) is 0 Å². The minimum Gasteiger partial charge on any atom is -0.461 e. The number of rotatable bonds is 3. The minimum atomic E-state index is 0.423. The fourth-order valence-electron chi connectivity index (χ4n) is 1.03. The molecule has 0 radical (unpaired) electrons. The van der Waals surface area contributed by atoms with E-state index in [-0.39, 0.29) is 0 Å². The van der Waals surface area contributed by atoms with Crippen molar-refractivity contribution in [1.29, 1.82) is 0 Å². The Balaban J connectivity index is 2.46. The predicted molar refractivity (Wildman–Crippen MR) is 51.7 cm³/mol. The van der Waals surface area contributed by atoms with Crippen molar-refractivity contribution in [3.05, 3.63) is 18.4 Å². The van der Waals surface area contributed by atoms with Gasteiger partial charge in [-0.15, -0.1) is 5.10 Å². The molecule has 0 fully saturated rings. The highest BCUT2D eigenvalue weighted by molar-refractivity contribution is 7.98. The Labute approximate surface area is 84.1 Å². The third kappa shape index (κ3) is 1.44. The quantitative estimate of drug-likeness (QED) is 0.563. The molecule has 0 aliphatic heterocycles. The normalized spacial score (nSPS) is 10.4. The summed E-state index contributed by atoms with van der Waals surface area (Å²) in [6.07, 6.45) is 3.98. The Bertz CT molecular complexity index is 435. The van der Waals surface area contributed by atoms with Crippen molar-refractivity contribution in [3.8, 4) is 11.6 Å². The zero-order valence-corrected chi connectivity index (χ0v) is 8.19. The predicted octanol–water partition coefficient (Wildman–Crippen LogP) is 1.30. The fourth-order valence-corrected chi connectivity index (χ4v) is 1.48. The molecule has 0 saturated carbocycles. The van der Waals surface area contributed by atoms with Crippen LogP contribution in [0.15, 0.2) is 28.0 Å². The summed E-state index contributed by atoms with van der Waals surface area (Å²) >= 11 is 1.35. The Morgan fingerprint density at radius 1 is 1.64 bits per heavy atom. The molecule has 14 heavy (non-hydrogen) atoms. The molecule has 2 rings (SSSR count). The molecule has 0 aromatic carbocycles. The highest BCUT2D eigenvalue weighted by atomic mass is 32.2. The van der Waals surface area contributed by atoms with E-state index in [1.54, 1.807) is 12.1 Å². The molecular formula is C8H7N3O2S. The molecule has 0 aliphatic rings. The second kappa shape index (κ2) is 3.67. The second-order valence-electron chi connectivity index (χ2n) is 2.45. The highest BCUT2D eigenvalue weighted by Gasteiger charge is 2.11. The summed E-state index contributed by atoms with van der Waals surface area (Å²) in [7, 11) is 0. The molecule has 2 aromatic heterocycles.